The molecular weight excluding hydrogens is 334 g/mol. The van der Waals surface area contributed by atoms with Crippen LogP contribution < -0.4 is 0 Å². The first-order valence-electron chi connectivity index (χ1n) is 3.75. The Hall–Kier alpha value is -1.24. The summed E-state index contributed by atoms with van der Waals surface area (Å²) in [4.78, 5) is 55.0. The zero-order valence-corrected chi connectivity index (χ0v) is 11.0. The molecule has 0 aromatic heterocycles. The molecule has 0 heterocycles. The molecule has 10 N–H and O–H groups in total. The molecule has 0 aromatic carbocycles. The Balaban J connectivity index is -0.00000144. The second-order valence-corrected chi connectivity index (χ2v) is 6.10. The smallest absolute Gasteiger partial charge is 0.450 e. The second kappa shape index (κ2) is 8.14. The lowest BCUT2D eigenvalue weighted by atomic mass is 10.7. The van der Waals surface area contributed by atoms with Crippen LogP contribution in [0.1, 0.15) is 0 Å². The standard InChI is InChI=1S/C4H8O12P2.2H2O/c5-3(6)15-1(17(9,10)11)2(16-4(7)8)18(12,13)14;;/h1-2H,(H,5,6)(H,7,8)(H2,9,10,11)(H2,12,13,14);2*1H2. The van der Waals surface area contributed by atoms with Crippen LogP contribution in [0.25, 0.3) is 0 Å². The Morgan fingerprint density at radius 2 is 0.950 bits per heavy atom. The fourth-order valence-electron chi connectivity index (χ4n) is 0.793. The number of hydrogen-bond donors (Lipinski definition) is 6. The van der Waals surface area contributed by atoms with Gasteiger partial charge in [-0.05, 0) is 0 Å². The molecule has 16 heteroatoms. The molecule has 0 rings (SSSR count). The molecule has 0 amide bonds. The van der Waals surface area contributed by atoms with E-state index >= 15 is 0 Å². The van der Waals surface area contributed by atoms with Crippen LogP contribution in [0, 0.1) is 0 Å². The van der Waals surface area contributed by atoms with E-state index in [1.807, 2.05) is 0 Å². The van der Waals surface area contributed by atoms with Gasteiger partial charge in [0.15, 0.2) is 0 Å². The monoisotopic (exact) mass is 346 g/mol. The fraction of sp³-hybridized carbons (Fsp3) is 0.500. The van der Waals surface area contributed by atoms with Gasteiger partial charge in [-0.1, -0.05) is 0 Å². The highest BCUT2D eigenvalue weighted by Crippen LogP contribution is 2.55. The molecule has 0 aliphatic heterocycles. The Kier molecular flexibility index (Phi) is 9.69. The lowest BCUT2D eigenvalue weighted by Crippen LogP contribution is -2.34. The van der Waals surface area contributed by atoms with E-state index in [0.717, 1.165) is 0 Å². The van der Waals surface area contributed by atoms with Crippen LogP contribution in [0.5, 0.6) is 0 Å². The zero-order chi connectivity index (χ0) is 14.7. The summed E-state index contributed by atoms with van der Waals surface area (Å²) in [6.45, 7) is 0. The minimum atomic E-state index is -5.52. The van der Waals surface area contributed by atoms with Gasteiger partial charge in [0.1, 0.15) is 0 Å². The molecule has 0 radical (unpaired) electrons. The van der Waals surface area contributed by atoms with Crippen LogP contribution >= 0.6 is 15.2 Å². The largest absolute Gasteiger partial charge is 0.506 e. The van der Waals surface area contributed by atoms with E-state index in [0.29, 0.717) is 0 Å². The van der Waals surface area contributed by atoms with Gasteiger partial charge in [0, 0.05) is 0 Å². The molecule has 0 bridgehead atoms. The molecular formula is C4H12O14P2. The van der Waals surface area contributed by atoms with Crippen molar-refractivity contribution in [3.05, 3.63) is 0 Å². The van der Waals surface area contributed by atoms with Crippen LogP contribution in [0.4, 0.5) is 9.59 Å². The van der Waals surface area contributed by atoms with Crippen molar-refractivity contribution in [2.45, 2.75) is 11.7 Å². The van der Waals surface area contributed by atoms with Crippen molar-refractivity contribution in [1.29, 1.82) is 0 Å². The number of carboxylic acid groups (broad SMARTS) is 2. The van der Waals surface area contributed by atoms with Crippen molar-refractivity contribution in [2.75, 3.05) is 0 Å². The molecule has 0 spiro atoms. The summed E-state index contributed by atoms with van der Waals surface area (Å²) in [5, 5.41) is 16.3. The zero-order valence-electron chi connectivity index (χ0n) is 9.18. The Bertz CT molecular complexity index is 377. The number of rotatable bonds is 5. The third-order valence-corrected chi connectivity index (χ3v) is 3.66. The first-order chi connectivity index (χ1) is 7.85. The van der Waals surface area contributed by atoms with Crippen molar-refractivity contribution >= 4 is 27.5 Å². The van der Waals surface area contributed by atoms with Gasteiger partial charge in [0.05, 0.1) is 0 Å². The van der Waals surface area contributed by atoms with Crippen molar-refractivity contribution in [1.82, 2.24) is 0 Å². The first kappa shape index (κ1) is 23.8. The molecule has 122 valence electrons. The van der Waals surface area contributed by atoms with Gasteiger partial charge in [-0.2, -0.15) is 0 Å². The van der Waals surface area contributed by atoms with Crippen molar-refractivity contribution < 1.29 is 68.9 Å². The Labute approximate surface area is 109 Å². The highest BCUT2D eigenvalue weighted by molar-refractivity contribution is 7.57. The summed E-state index contributed by atoms with van der Waals surface area (Å²) < 4.78 is 28.8. The quantitative estimate of drug-likeness (QED) is 0.227. The number of carbonyl (C=O) groups is 2. The average molecular weight is 346 g/mol. The summed E-state index contributed by atoms with van der Waals surface area (Å²) >= 11 is 0. The van der Waals surface area contributed by atoms with E-state index < -0.39 is 39.2 Å². The summed E-state index contributed by atoms with van der Waals surface area (Å²) in [5.41, 5.74) is 0. The minimum Gasteiger partial charge on any atom is -0.450 e. The summed E-state index contributed by atoms with van der Waals surface area (Å²) in [7, 11) is -11.0. The molecule has 0 saturated carbocycles. The minimum absolute atomic E-state index is 0. The highest BCUT2D eigenvalue weighted by atomic mass is 31.2. The maximum atomic E-state index is 10.8. The normalized spacial score (nSPS) is 14.0. The first-order valence-corrected chi connectivity index (χ1v) is 7.11. The van der Waals surface area contributed by atoms with E-state index in [-0.39, 0.29) is 11.0 Å². The molecule has 0 saturated heterocycles. The molecule has 2 atom stereocenters. The third-order valence-electron chi connectivity index (χ3n) is 1.35. The Morgan fingerprint density at radius 3 is 1.05 bits per heavy atom. The number of hydrogen-bond acceptors (Lipinski definition) is 6. The summed E-state index contributed by atoms with van der Waals surface area (Å²) in [6, 6.07) is 0. The van der Waals surface area contributed by atoms with Crippen LogP contribution in [0.15, 0.2) is 0 Å². The SMILES string of the molecule is O.O.O=C(O)OC(C(OC(=O)O)P(=O)(O)O)P(=O)(O)O. The molecule has 20 heavy (non-hydrogen) atoms. The summed E-state index contributed by atoms with van der Waals surface area (Å²) in [6.07, 6.45) is -4.56. The van der Waals surface area contributed by atoms with E-state index in [9.17, 15) is 18.7 Å². The predicted octanol–water partition coefficient (Wildman–Crippen LogP) is -2.27. The third kappa shape index (κ3) is 8.04. The molecule has 0 aliphatic rings. The molecule has 14 nitrogen and oxygen atoms in total. The topological polar surface area (TPSA) is 271 Å². The average Bonchev–Trinajstić information content (AvgIpc) is 2.06. The lowest BCUT2D eigenvalue weighted by molar-refractivity contribution is 0.00208. The highest BCUT2D eigenvalue weighted by Gasteiger charge is 2.51. The van der Waals surface area contributed by atoms with E-state index in [1.165, 1.54) is 0 Å². The summed E-state index contributed by atoms with van der Waals surface area (Å²) in [5.74, 6) is -5.96. The molecule has 2 unspecified atom stereocenters. The molecule has 0 aliphatic carbocycles. The van der Waals surface area contributed by atoms with Gasteiger partial charge in [-0.3, -0.25) is 9.13 Å². The predicted molar refractivity (Wildman–Crippen MR) is 57.1 cm³/mol. The van der Waals surface area contributed by atoms with E-state index in [2.05, 4.69) is 9.47 Å². The number of ether oxygens (including phenoxy) is 2. The van der Waals surface area contributed by atoms with Crippen LogP contribution in [0.2, 0.25) is 0 Å². The van der Waals surface area contributed by atoms with Crippen molar-refractivity contribution in [3.8, 4) is 0 Å². The Morgan fingerprint density at radius 1 is 0.750 bits per heavy atom. The van der Waals surface area contributed by atoms with Gasteiger partial charge in [-0.25, -0.2) is 9.59 Å². The van der Waals surface area contributed by atoms with Crippen molar-refractivity contribution in [2.24, 2.45) is 0 Å². The van der Waals surface area contributed by atoms with Crippen LogP contribution in [-0.2, 0) is 18.6 Å². The van der Waals surface area contributed by atoms with Crippen LogP contribution in [-0.4, -0.2) is 64.7 Å². The van der Waals surface area contributed by atoms with Crippen molar-refractivity contribution in [3.63, 3.8) is 0 Å². The van der Waals surface area contributed by atoms with Gasteiger partial charge in [0.25, 0.3) is 11.7 Å². The van der Waals surface area contributed by atoms with Gasteiger partial charge < -0.3 is 50.2 Å². The van der Waals surface area contributed by atoms with E-state index in [4.69, 9.17) is 29.8 Å². The lowest BCUT2D eigenvalue weighted by Gasteiger charge is -2.25. The maximum absolute atomic E-state index is 10.8. The van der Waals surface area contributed by atoms with Crippen LogP contribution in [0.3, 0.4) is 0 Å². The van der Waals surface area contributed by atoms with Gasteiger partial charge in [0.2, 0.25) is 0 Å². The second-order valence-electron chi connectivity index (χ2n) is 2.73. The molecule has 0 aromatic rings. The fourth-order valence-corrected chi connectivity index (χ4v) is 3.08. The van der Waals surface area contributed by atoms with Gasteiger partial charge in [-0.15, -0.1) is 0 Å². The van der Waals surface area contributed by atoms with Gasteiger partial charge >= 0.3 is 27.5 Å². The maximum Gasteiger partial charge on any atom is 0.506 e. The molecule has 0 fully saturated rings. The van der Waals surface area contributed by atoms with E-state index in [1.54, 1.807) is 0 Å².